The molecule has 2 nitrogen and oxygen atoms in total. The van der Waals surface area contributed by atoms with Crippen LogP contribution >= 0.6 is 57.4 Å². The fourth-order valence-corrected chi connectivity index (χ4v) is 2.73. The molecule has 0 aliphatic rings. The number of nitrogens with two attached hydrogens (primary N) is 1. The average molecular weight is 428 g/mol. The molecule has 3 N–H and O–H groups in total. The summed E-state index contributed by atoms with van der Waals surface area (Å²) in [6.07, 6.45) is 0. The molecule has 2 aromatic rings. The highest BCUT2D eigenvalue weighted by Gasteiger charge is 2.17. The molecule has 0 aromatic heterocycles. The van der Waals surface area contributed by atoms with Crippen molar-refractivity contribution in [3.05, 3.63) is 66.2 Å². The summed E-state index contributed by atoms with van der Waals surface area (Å²) in [5.74, 6) is 5.65. The summed E-state index contributed by atoms with van der Waals surface area (Å²) in [5, 5.41) is 1.88. The number of hydrazine groups is 1. The normalized spacial score (nSPS) is 12.5. The summed E-state index contributed by atoms with van der Waals surface area (Å²) < 4.78 is 0.982. The number of rotatable bonds is 3. The summed E-state index contributed by atoms with van der Waals surface area (Å²) in [6.45, 7) is 0. The first kappa shape index (κ1) is 15.4. The second-order valence-corrected chi connectivity index (χ2v) is 6.35. The van der Waals surface area contributed by atoms with E-state index in [1.807, 2.05) is 18.2 Å². The van der Waals surface area contributed by atoms with E-state index in [0.717, 1.165) is 14.7 Å². The van der Waals surface area contributed by atoms with Gasteiger partial charge in [0.1, 0.15) is 0 Å². The van der Waals surface area contributed by atoms with Crippen molar-refractivity contribution in [3.63, 3.8) is 0 Å². The fraction of sp³-hybridized carbons (Fsp3) is 0.0769. The zero-order chi connectivity index (χ0) is 14.0. The Kier molecular flexibility index (Phi) is 5.34. The fourth-order valence-electron chi connectivity index (χ4n) is 1.79. The second-order valence-electron chi connectivity index (χ2n) is 3.94. The van der Waals surface area contributed by atoms with E-state index in [2.05, 4.69) is 28.0 Å². The lowest BCUT2D eigenvalue weighted by Crippen LogP contribution is -2.29. The molecule has 0 aliphatic carbocycles. The average Bonchev–Trinajstić information content (AvgIpc) is 2.38. The Labute approximate surface area is 140 Å². The van der Waals surface area contributed by atoms with E-state index < -0.39 is 0 Å². The largest absolute Gasteiger partial charge is 0.271 e. The van der Waals surface area contributed by atoms with Gasteiger partial charge in [-0.25, -0.2) is 5.43 Å². The summed E-state index contributed by atoms with van der Waals surface area (Å²) in [7, 11) is 0. The van der Waals surface area contributed by atoms with Gasteiger partial charge in [0.25, 0.3) is 0 Å². The third kappa shape index (κ3) is 3.54. The molecule has 1 atom stereocenters. The monoisotopic (exact) mass is 426 g/mol. The van der Waals surface area contributed by atoms with Crippen molar-refractivity contribution in [1.29, 1.82) is 0 Å². The molecule has 0 heterocycles. The van der Waals surface area contributed by atoms with Crippen molar-refractivity contribution >= 4 is 57.4 Å². The second kappa shape index (κ2) is 6.61. The maximum absolute atomic E-state index is 6.20. The lowest BCUT2D eigenvalue weighted by atomic mass is 9.99. The van der Waals surface area contributed by atoms with Crippen molar-refractivity contribution in [3.8, 4) is 0 Å². The molecule has 6 heteroatoms. The van der Waals surface area contributed by atoms with E-state index in [4.69, 9.17) is 40.6 Å². The predicted molar refractivity (Wildman–Crippen MR) is 89.8 cm³/mol. The summed E-state index contributed by atoms with van der Waals surface area (Å²) in [5.41, 5.74) is 4.49. The molecule has 0 spiro atoms. The maximum atomic E-state index is 6.20. The Morgan fingerprint density at radius 1 is 1.00 bits per heavy atom. The summed E-state index contributed by atoms with van der Waals surface area (Å²) in [4.78, 5) is 0. The van der Waals surface area contributed by atoms with E-state index in [-0.39, 0.29) is 6.04 Å². The van der Waals surface area contributed by atoms with Gasteiger partial charge in [0.2, 0.25) is 0 Å². The van der Waals surface area contributed by atoms with Crippen LogP contribution in [0.3, 0.4) is 0 Å². The van der Waals surface area contributed by atoms with Crippen LogP contribution in [0.15, 0.2) is 36.4 Å². The van der Waals surface area contributed by atoms with Gasteiger partial charge < -0.3 is 0 Å². The lowest BCUT2D eigenvalue weighted by molar-refractivity contribution is 0.637. The van der Waals surface area contributed by atoms with Gasteiger partial charge in [-0.3, -0.25) is 5.84 Å². The van der Waals surface area contributed by atoms with Crippen LogP contribution in [0.1, 0.15) is 17.2 Å². The van der Waals surface area contributed by atoms with Crippen molar-refractivity contribution in [2.24, 2.45) is 5.84 Å². The van der Waals surface area contributed by atoms with Crippen LogP contribution in [0.4, 0.5) is 0 Å². The van der Waals surface area contributed by atoms with E-state index >= 15 is 0 Å². The molecule has 0 aliphatic heterocycles. The zero-order valence-electron chi connectivity index (χ0n) is 9.63. The van der Waals surface area contributed by atoms with Gasteiger partial charge >= 0.3 is 0 Å². The number of hydrogen-bond acceptors (Lipinski definition) is 2. The summed E-state index contributed by atoms with van der Waals surface area (Å²) >= 11 is 20.5. The summed E-state index contributed by atoms with van der Waals surface area (Å²) in [6, 6.07) is 10.8. The minimum absolute atomic E-state index is 0.263. The molecule has 0 amide bonds. The van der Waals surface area contributed by atoms with Gasteiger partial charge in [0.05, 0.1) is 11.1 Å². The third-order valence-corrected chi connectivity index (χ3v) is 4.86. The molecule has 0 radical (unpaired) electrons. The molecule has 0 fully saturated rings. The minimum Gasteiger partial charge on any atom is -0.271 e. The van der Waals surface area contributed by atoms with E-state index in [1.54, 1.807) is 18.2 Å². The molecular weight excluding hydrogens is 417 g/mol. The van der Waals surface area contributed by atoms with Crippen LogP contribution in [0, 0.1) is 3.57 Å². The van der Waals surface area contributed by atoms with Gasteiger partial charge in [0.15, 0.2) is 0 Å². The molecule has 100 valence electrons. The molecule has 0 saturated carbocycles. The standard InChI is InChI=1S/C13H10Cl3IN2/c14-8-2-3-10(15)9(6-8)13(19-18)7-1-4-12(17)11(16)5-7/h1-6,13,19H,18H2. The van der Waals surface area contributed by atoms with Crippen molar-refractivity contribution in [1.82, 2.24) is 5.43 Å². The smallest absolute Gasteiger partial charge is 0.0725 e. The first-order valence-electron chi connectivity index (χ1n) is 5.39. The number of benzene rings is 2. The third-order valence-electron chi connectivity index (χ3n) is 2.71. The molecular formula is C13H10Cl3IN2. The van der Waals surface area contributed by atoms with Gasteiger partial charge in [0, 0.05) is 13.6 Å². The highest BCUT2D eigenvalue weighted by molar-refractivity contribution is 14.1. The van der Waals surface area contributed by atoms with Gasteiger partial charge in [-0.15, -0.1) is 0 Å². The Morgan fingerprint density at radius 2 is 1.74 bits per heavy atom. The van der Waals surface area contributed by atoms with Crippen LogP contribution in [-0.4, -0.2) is 0 Å². The first-order chi connectivity index (χ1) is 9.02. The molecule has 2 aromatic carbocycles. The quantitative estimate of drug-likeness (QED) is 0.419. The molecule has 2 rings (SSSR count). The van der Waals surface area contributed by atoms with Crippen LogP contribution in [-0.2, 0) is 0 Å². The molecule has 19 heavy (non-hydrogen) atoms. The topological polar surface area (TPSA) is 38.0 Å². The molecule has 1 unspecified atom stereocenters. The highest BCUT2D eigenvalue weighted by atomic mass is 127. The van der Waals surface area contributed by atoms with Crippen LogP contribution in [0.2, 0.25) is 15.1 Å². The van der Waals surface area contributed by atoms with Crippen molar-refractivity contribution in [2.75, 3.05) is 0 Å². The zero-order valence-corrected chi connectivity index (χ0v) is 14.1. The highest BCUT2D eigenvalue weighted by Crippen LogP contribution is 2.32. The molecule has 0 bridgehead atoms. The molecule has 0 saturated heterocycles. The predicted octanol–water partition coefficient (Wildman–Crippen LogP) is 4.80. The van der Waals surface area contributed by atoms with E-state index in [1.165, 1.54) is 0 Å². The van der Waals surface area contributed by atoms with E-state index in [0.29, 0.717) is 15.1 Å². The van der Waals surface area contributed by atoms with Crippen LogP contribution < -0.4 is 11.3 Å². The SMILES string of the molecule is NNC(c1ccc(I)c(Cl)c1)c1cc(Cl)ccc1Cl. The Morgan fingerprint density at radius 3 is 2.37 bits per heavy atom. The maximum Gasteiger partial charge on any atom is 0.0725 e. The minimum atomic E-state index is -0.263. The lowest BCUT2D eigenvalue weighted by Gasteiger charge is -2.19. The van der Waals surface area contributed by atoms with Crippen molar-refractivity contribution in [2.45, 2.75) is 6.04 Å². The number of halogens is 4. The number of nitrogens with one attached hydrogen (secondary N) is 1. The Hall–Kier alpha value is -0.0400. The van der Waals surface area contributed by atoms with Gasteiger partial charge in [-0.05, 0) is 64.0 Å². The van der Waals surface area contributed by atoms with Gasteiger partial charge in [-0.2, -0.15) is 0 Å². The van der Waals surface area contributed by atoms with Gasteiger partial charge in [-0.1, -0.05) is 40.9 Å². The van der Waals surface area contributed by atoms with Crippen molar-refractivity contribution < 1.29 is 0 Å². The van der Waals surface area contributed by atoms with Crippen LogP contribution in [0.25, 0.3) is 0 Å². The first-order valence-corrected chi connectivity index (χ1v) is 7.60. The van der Waals surface area contributed by atoms with E-state index in [9.17, 15) is 0 Å². The Balaban J connectivity index is 2.49. The van der Waals surface area contributed by atoms with Crippen LogP contribution in [0.5, 0.6) is 0 Å². The Bertz CT molecular complexity index is 604. The number of hydrogen-bond donors (Lipinski definition) is 2.